The minimum atomic E-state index is -0.274. The van der Waals surface area contributed by atoms with Crippen LogP contribution in [0.5, 0.6) is 0 Å². The van der Waals surface area contributed by atoms with Crippen LogP contribution >= 0.6 is 0 Å². The summed E-state index contributed by atoms with van der Waals surface area (Å²) in [7, 11) is 0. The van der Waals surface area contributed by atoms with E-state index in [4.69, 9.17) is 4.74 Å². The molecule has 0 aromatic carbocycles. The minimum Gasteiger partial charge on any atom is -0.379 e. The highest BCUT2D eigenvalue weighted by Gasteiger charge is 2.19. The maximum atomic E-state index is 11.9. The van der Waals surface area contributed by atoms with Crippen LogP contribution in [-0.4, -0.2) is 73.1 Å². The average molecular weight is 285 g/mol. The van der Waals surface area contributed by atoms with Gasteiger partial charge in [-0.15, -0.1) is 0 Å². The van der Waals surface area contributed by atoms with Crippen LogP contribution in [-0.2, 0) is 14.3 Å². The van der Waals surface area contributed by atoms with E-state index in [1.807, 2.05) is 20.8 Å². The largest absolute Gasteiger partial charge is 0.379 e. The smallest absolute Gasteiger partial charge is 0.240 e. The van der Waals surface area contributed by atoms with Gasteiger partial charge < -0.3 is 15.0 Å². The summed E-state index contributed by atoms with van der Waals surface area (Å²) < 4.78 is 5.29. The molecule has 1 aliphatic rings. The molecule has 1 rings (SSSR count). The molecule has 1 heterocycles. The summed E-state index contributed by atoms with van der Waals surface area (Å²) in [6.07, 6.45) is 0. The zero-order valence-electron chi connectivity index (χ0n) is 13.1. The molecule has 6 nitrogen and oxygen atoms in total. The van der Waals surface area contributed by atoms with E-state index in [9.17, 15) is 9.59 Å². The Morgan fingerprint density at radius 3 is 2.35 bits per heavy atom. The van der Waals surface area contributed by atoms with Crippen LogP contribution in [0.25, 0.3) is 0 Å². The fourth-order valence-corrected chi connectivity index (χ4v) is 2.07. The normalized spacial score (nSPS) is 16.8. The first-order valence-corrected chi connectivity index (χ1v) is 7.14. The van der Waals surface area contributed by atoms with Gasteiger partial charge in [-0.2, -0.15) is 0 Å². The van der Waals surface area contributed by atoms with Crippen LogP contribution in [0.1, 0.15) is 27.7 Å². The van der Waals surface area contributed by atoms with Gasteiger partial charge >= 0.3 is 0 Å². The number of ether oxygens (including phenoxy) is 1. The van der Waals surface area contributed by atoms with E-state index < -0.39 is 0 Å². The van der Waals surface area contributed by atoms with Gasteiger partial charge in [-0.1, -0.05) is 0 Å². The fraction of sp³-hybridized carbons (Fsp3) is 0.857. The van der Waals surface area contributed by atoms with Gasteiger partial charge in [0.2, 0.25) is 11.8 Å². The van der Waals surface area contributed by atoms with E-state index in [0.29, 0.717) is 6.54 Å². The minimum absolute atomic E-state index is 0.0673. The fourth-order valence-electron chi connectivity index (χ4n) is 2.07. The number of nitrogens with zero attached hydrogens (tertiary/aromatic N) is 2. The first-order valence-electron chi connectivity index (χ1n) is 7.14. The summed E-state index contributed by atoms with van der Waals surface area (Å²) in [5.41, 5.74) is -0.274. The summed E-state index contributed by atoms with van der Waals surface area (Å²) >= 11 is 0. The number of hydrogen-bond acceptors (Lipinski definition) is 4. The lowest BCUT2D eigenvalue weighted by atomic mass is 10.1. The van der Waals surface area contributed by atoms with Crippen LogP contribution in [0.2, 0.25) is 0 Å². The second kappa shape index (κ2) is 7.59. The van der Waals surface area contributed by atoms with E-state index in [0.717, 1.165) is 32.8 Å². The molecule has 0 aliphatic carbocycles. The van der Waals surface area contributed by atoms with Crippen molar-refractivity contribution in [3.63, 3.8) is 0 Å². The zero-order chi connectivity index (χ0) is 15.2. The highest BCUT2D eigenvalue weighted by atomic mass is 16.5. The predicted octanol–water partition coefficient (Wildman–Crippen LogP) is 0.0818. The van der Waals surface area contributed by atoms with Gasteiger partial charge in [-0.05, 0) is 20.8 Å². The number of carbonyl (C=O) groups excluding carboxylic acids is 2. The lowest BCUT2D eigenvalue weighted by Crippen LogP contribution is -2.49. The van der Waals surface area contributed by atoms with Gasteiger partial charge in [0.1, 0.15) is 0 Å². The maximum Gasteiger partial charge on any atom is 0.240 e. The summed E-state index contributed by atoms with van der Waals surface area (Å²) in [6.45, 7) is 12.0. The number of carbonyl (C=O) groups is 2. The van der Waals surface area contributed by atoms with Crippen molar-refractivity contribution < 1.29 is 14.3 Å². The molecular formula is C14H27N3O3. The topological polar surface area (TPSA) is 61.9 Å². The van der Waals surface area contributed by atoms with E-state index >= 15 is 0 Å². The first kappa shape index (κ1) is 16.9. The molecule has 0 unspecified atom stereocenters. The lowest BCUT2D eigenvalue weighted by Gasteiger charge is -2.30. The monoisotopic (exact) mass is 285 g/mol. The van der Waals surface area contributed by atoms with Gasteiger partial charge in [0.25, 0.3) is 0 Å². The molecular weight excluding hydrogens is 258 g/mol. The summed E-state index contributed by atoms with van der Waals surface area (Å²) in [6, 6.07) is 0. The molecule has 0 aromatic heterocycles. The second-order valence-electron chi connectivity index (χ2n) is 6.19. The van der Waals surface area contributed by atoms with Crippen molar-refractivity contribution in [2.75, 3.05) is 45.9 Å². The Hall–Kier alpha value is -1.14. The van der Waals surface area contributed by atoms with E-state index in [2.05, 4.69) is 10.2 Å². The lowest BCUT2D eigenvalue weighted by molar-refractivity contribution is -0.135. The van der Waals surface area contributed by atoms with Crippen molar-refractivity contribution in [3.8, 4) is 0 Å². The third-order valence-electron chi connectivity index (χ3n) is 3.08. The van der Waals surface area contributed by atoms with Crippen LogP contribution in [0, 0.1) is 0 Å². The van der Waals surface area contributed by atoms with Crippen molar-refractivity contribution in [2.24, 2.45) is 0 Å². The standard InChI is InChI=1S/C14H27N3O3/c1-12(18)17(11-13(19)15-14(2,3)4)6-5-16-7-9-20-10-8-16/h5-11H2,1-4H3,(H,15,19). The molecule has 2 amide bonds. The molecule has 116 valence electrons. The number of nitrogens with one attached hydrogen (secondary N) is 1. The van der Waals surface area contributed by atoms with Crippen molar-refractivity contribution in [1.82, 2.24) is 15.1 Å². The summed E-state index contributed by atoms with van der Waals surface area (Å²) in [5, 5.41) is 2.88. The highest BCUT2D eigenvalue weighted by molar-refractivity contribution is 5.84. The predicted molar refractivity (Wildman–Crippen MR) is 77.4 cm³/mol. The van der Waals surface area contributed by atoms with Crippen LogP contribution in [0.4, 0.5) is 0 Å². The summed E-state index contributed by atoms with van der Waals surface area (Å²) in [5.74, 6) is -0.183. The maximum absolute atomic E-state index is 11.9. The Balaban J connectivity index is 2.39. The Labute approximate surface area is 121 Å². The third kappa shape index (κ3) is 6.86. The van der Waals surface area contributed by atoms with E-state index in [1.54, 1.807) is 4.90 Å². The molecule has 0 radical (unpaired) electrons. The Bertz CT molecular complexity index is 333. The quantitative estimate of drug-likeness (QED) is 0.777. The van der Waals surface area contributed by atoms with Gasteiger partial charge in [-0.25, -0.2) is 0 Å². The molecule has 0 aromatic rings. The van der Waals surface area contributed by atoms with Crippen LogP contribution in [0.15, 0.2) is 0 Å². The summed E-state index contributed by atoms with van der Waals surface area (Å²) in [4.78, 5) is 27.4. The van der Waals surface area contributed by atoms with Crippen molar-refractivity contribution >= 4 is 11.8 Å². The second-order valence-corrected chi connectivity index (χ2v) is 6.19. The SMILES string of the molecule is CC(=O)N(CCN1CCOCC1)CC(=O)NC(C)(C)C. The van der Waals surface area contributed by atoms with Crippen LogP contribution in [0.3, 0.4) is 0 Å². The van der Waals surface area contributed by atoms with Gasteiger partial charge in [-0.3, -0.25) is 14.5 Å². The first-order chi connectivity index (χ1) is 9.28. The van der Waals surface area contributed by atoms with E-state index in [-0.39, 0.29) is 23.9 Å². The molecule has 6 heteroatoms. The molecule has 0 atom stereocenters. The number of rotatable bonds is 5. The van der Waals surface area contributed by atoms with Gasteiger partial charge in [0, 0.05) is 38.6 Å². The number of morpholine rings is 1. The molecule has 1 aliphatic heterocycles. The zero-order valence-corrected chi connectivity index (χ0v) is 13.1. The average Bonchev–Trinajstić information content (AvgIpc) is 2.33. The number of amides is 2. The highest BCUT2D eigenvalue weighted by Crippen LogP contribution is 2.01. The Morgan fingerprint density at radius 2 is 1.85 bits per heavy atom. The molecule has 0 bridgehead atoms. The molecule has 0 spiro atoms. The van der Waals surface area contributed by atoms with Crippen LogP contribution < -0.4 is 5.32 Å². The van der Waals surface area contributed by atoms with Crippen molar-refractivity contribution in [1.29, 1.82) is 0 Å². The van der Waals surface area contributed by atoms with Crippen molar-refractivity contribution in [2.45, 2.75) is 33.2 Å². The van der Waals surface area contributed by atoms with E-state index in [1.165, 1.54) is 6.92 Å². The Kier molecular flexibility index (Phi) is 6.42. The molecule has 20 heavy (non-hydrogen) atoms. The Morgan fingerprint density at radius 1 is 1.25 bits per heavy atom. The third-order valence-corrected chi connectivity index (χ3v) is 3.08. The molecule has 0 saturated carbocycles. The van der Waals surface area contributed by atoms with Gasteiger partial charge in [0.05, 0.1) is 19.8 Å². The molecule has 1 fully saturated rings. The van der Waals surface area contributed by atoms with Crippen molar-refractivity contribution in [3.05, 3.63) is 0 Å². The molecule has 1 saturated heterocycles. The molecule has 1 N–H and O–H groups in total. The number of hydrogen-bond donors (Lipinski definition) is 1. The van der Waals surface area contributed by atoms with Gasteiger partial charge in [0.15, 0.2) is 0 Å².